The van der Waals surface area contributed by atoms with Crippen molar-refractivity contribution in [3.05, 3.63) is 0 Å². The molecule has 0 unspecified atom stereocenters. The molecule has 0 bridgehead atoms. The molecule has 0 aliphatic carbocycles. The minimum atomic E-state index is -4.18. The van der Waals surface area contributed by atoms with Crippen LogP contribution in [0.1, 0.15) is 0 Å². The largest absolute Gasteiger partial charge is 0.341 e. The van der Waals surface area contributed by atoms with Gasteiger partial charge in [0, 0.05) is 6.66 Å². The Hall–Kier alpha value is 1.29. The molecule has 0 saturated heterocycles. The molecule has 7 nitrogen and oxygen atoms in total. The van der Waals surface area contributed by atoms with Crippen LogP contribution >= 0.6 is 21.0 Å². The maximum atomic E-state index is 11.1. The molecule has 0 fully saturated rings. The number of hydrogen-bond donors (Lipinski definition) is 4. The van der Waals surface area contributed by atoms with Crippen LogP contribution in [0.25, 0.3) is 0 Å². The highest BCUT2D eigenvalue weighted by molar-refractivity contribution is 8.10. The van der Waals surface area contributed by atoms with Gasteiger partial charge in [0.05, 0.1) is 0 Å². The molecule has 0 radical (unpaired) electrons. The third kappa shape index (κ3) is 9.59. The third-order valence-corrected chi connectivity index (χ3v) is 5.78. The summed E-state index contributed by atoms with van der Waals surface area (Å²) in [5.41, 5.74) is 0. The lowest BCUT2D eigenvalue weighted by Crippen LogP contribution is -1.90. The molecule has 80 valence electrons. The molecule has 0 aromatic heterocycles. The Morgan fingerprint density at radius 3 is 1.38 bits per heavy atom. The van der Waals surface area contributed by atoms with Crippen molar-refractivity contribution in [2.75, 3.05) is 6.66 Å². The second-order valence-corrected chi connectivity index (χ2v) is 9.58. The average Bonchev–Trinajstić information content (AvgIpc) is 1.43. The Balaban J connectivity index is 4.54. The van der Waals surface area contributed by atoms with E-state index in [9.17, 15) is 4.57 Å². The first kappa shape index (κ1) is 14.3. The fourth-order valence-corrected chi connectivity index (χ4v) is 6.06. The SMILES string of the molecule is CP(=O)(OP(O)(O)=S)OP(O)(O)=S. The van der Waals surface area contributed by atoms with Crippen molar-refractivity contribution >= 4 is 44.6 Å². The van der Waals surface area contributed by atoms with Crippen LogP contribution in [0.2, 0.25) is 0 Å². The predicted octanol–water partition coefficient (Wildman–Crippen LogP) is 0.261. The first-order chi connectivity index (χ1) is 5.41. The van der Waals surface area contributed by atoms with Crippen LogP contribution < -0.4 is 0 Å². The molecule has 12 heteroatoms. The van der Waals surface area contributed by atoms with Crippen LogP contribution in [0.4, 0.5) is 0 Å². The molecule has 0 amide bonds. The van der Waals surface area contributed by atoms with E-state index in [0.717, 1.165) is 6.66 Å². The van der Waals surface area contributed by atoms with Crippen molar-refractivity contribution in [3.63, 3.8) is 0 Å². The van der Waals surface area contributed by atoms with Crippen molar-refractivity contribution in [1.29, 1.82) is 0 Å². The lowest BCUT2D eigenvalue weighted by molar-refractivity contribution is 0.309. The monoisotopic (exact) mass is 288 g/mol. The average molecular weight is 288 g/mol. The van der Waals surface area contributed by atoms with E-state index in [1.807, 2.05) is 0 Å². The molecular weight excluding hydrogens is 281 g/mol. The van der Waals surface area contributed by atoms with Crippen LogP contribution in [-0.2, 0) is 36.8 Å². The van der Waals surface area contributed by atoms with E-state index in [1.54, 1.807) is 0 Å². The molecule has 0 aromatic carbocycles. The predicted molar refractivity (Wildman–Crippen MR) is 53.1 cm³/mol. The zero-order valence-electron chi connectivity index (χ0n) is 6.17. The summed E-state index contributed by atoms with van der Waals surface area (Å²) in [6.45, 7) is -7.57. The van der Waals surface area contributed by atoms with Crippen molar-refractivity contribution in [3.8, 4) is 0 Å². The second-order valence-electron chi connectivity index (χ2n) is 1.92. The van der Waals surface area contributed by atoms with Gasteiger partial charge in [-0.1, -0.05) is 0 Å². The fourth-order valence-electron chi connectivity index (χ4n) is 0.401. The highest BCUT2D eigenvalue weighted by Gasteiger charge is 2.30. The van der Waals surface area contributed by atoms with Gasteiger partial charge in [0.25, 0.3) is 0 Å². The first-order valence-corrected chi connectivity index (χ1v) is 9.77. The molecular formula is CH7O7P3S2. The van der Waals surface area contributed by atoms with Crippen LogP contribution in [0.3, 0.4) is 0 Å². The van der Waals surface area contributed by atoms with Crippen molar-refractivity contribution < 1.29 is 32.8 Å². The summed E-state index contributed by atoms with van der Waals surface area (Å²) in [6.07, 6.45) is 0. The number of hydrogen-bond acceptors (Lipinski definition) is 5. The van der Waals surface area contributed by atoms with Gasteiger partial charge in [0.2, 0.25) is 0 Å². The van der Waals surface area contributed by atoms with E-state index in [-0.39, 0.29) is 0 Å². The highest BCUT2D eigenvalue weighted by Crippen LogP contribution is 2.65. The summed E-state index contributed by atoms with van der Waals surface area (Å²) < 4.78 is 19.1. The normalized spacial score (nSPS) is 14.5. The molecule has 13 heavy (non-hydrogen) atoms. The lowest BCUT2D eigenvalue weighted by Gasteiger charge is -2.17. The van der Waals surface area contributed by atoms with Crippen molar-refractivity contribution in [2.24, 2.45) is 0 Å². The molecule has 0 aliphatic heterocycles. The lowest BCUT2D eigenvalue weighted by atomic mass is 12.0. The van der Waals surface area contributed by atoms with Gasteiger partial charge in [0.1, 0.15) is 0 Å². The van der Waals surface area contributed by atoms with E-state index in [4.69, 9.17) is 19.6 Å². The quantitative estimate of drug-likeness (QED) is 0.540. The van der Waals surface area contributed by atoms with Gasteiger partial charge >= 0.3 is 21.0 Å². The van der Waals surface area contributed by atoms with Crippen LogP contribution in [0.5, 0.6) is 0 Å². The summed E-state index contributed by atoms with van der Waals surface area (Å²) in [6, 6.07) is 0. The van der Waals surface area contributed by atoms with Gasteiger partial charge < -0.3 is 19.6 Å². The Labute approximate surface area is 84.4 Å². The second kappa shape index (κ2) is 4.43. The molecule has 0 rings (SSSR count). The van der Waals surface area contributed by atoms with Gasteiger partial charge in [0.15, 0.2) is 0 Å². The highest BCUT2D eigenvalue weighted by atomic mass is 32.5. The Kier molecular flexibility index (Phi) is 4.87. The Bertz CT molecular complexity index is 284. The van der Waals surface area contributed by atoms with Gasteiger partial charge in [-0.05, 0) is 23.6 Å². The minimum Gasteiger partial charge on any atom is -0.324 e. The summed E-state index contributed by atoms with van der Waals surface area (Å²) >= 11 is 7.97. The molecule has 0 heterocycles. The minimum absolute atomic E-state index is 0.786. The molecule has 0 aliphatic rings. The summed E-state index contributed by atoms with van der Waals surface area (Å²) in [5, 5.41) is 0. The van der Waals surface area contributed by atoms with E-state index in [1.165, 1.54) is 0 Å². The molecule has 4 N–H and O–H groups in total. The van der Waals surface area contributed by atoms with Gasteiger partial charge in [-0.25, -0.2) is 8.62 Å². The van der Waals surface area contributed by atoms with Gasteiger partial charge in [-0.2, -0.15) is 0 Å². The van der Waals surface area contributed by atoms with Crippen LogP contribution in [0.15, 0.2) is 0 Å². The molecule has 0 saturated carbocycles. The number of rotatable bonds is 4. The zero-order chi connectivity index (χ0) is 10.9. The summed E-state index contributed by atoms with van der Waals surface area (Å²) in [4.78, 5) is 34.3. The van der Waals surface area contributed by atoms with E-state index in [2.05, 4.69) is 32.2 Å². The van der Waals surface area contributed by atoms with E-state index < -0.39 is 21.0 Å². The molecule has 0 spiro atoms. The van der Waals surface area contributed by atoms with Crippen molar-refractivity contribution in [2.45, 2.75) is 0 Å². The standard InChI is InChI=1S/CH7O7P3S2/c1-9(2,7-10(3,4)12)8-11(5,6)13/h1H3,(H2,3,4,12)(H2,5,6,13). The van der Waals surface area contributed by atoms with E-state index in [0.29, 0.717) is 0 Å². The van der Waals surface area contributed by atoms with Gasteiger partial charge in [-0.15, -0.1) is 0 Å². The zero-order valence-corrected chi connectivity index (χ0v) is 10.5. The van der Waals surface area contributed by atoms with Crippen LogP contribution in [-0.4, -0.2) is 26.2 Å². The summed E-state index contributed by atoms with van der Waals surface area (Å²) in [7, 11) is -4.05. The molecule has 0 aromatic rings. The summed E-state index contributed by atoms with van der Waals surface area (Å²) in [5.74, 6) is 0. The topological polar surface area (TPSA) is 116 Å². The smallest absolute Gasteiger partial charge is 0.324 e. The molecule has 0 atom stereocenters. The van der Waals surface area contributed by atoms with E-state index >= 15 is 0 Å². The van der Waals surface area contributed by atoms with Gasteiger partial charge in [-0.3, -0.25) is 4.57 Å². The fraction of sp³-hybridized carbons (Fsp3) is 1.00. The van der Waals surface area contributed by atoms with Crippen LogP contribution in [0, 0.1) is 0 Å². The first-order valence-electron chi connectivity index (χ1n) is 2.53. The maximum Gasteiger partial charge on any atom is 0.341 e. The Morgan fingerprint density at radius 2 is 1.23 bits per heavy atom. The maximum absolute atomic E-state index is 11.1. The Morgan fingerprint density at radius 1 is 1.00 bits per heavy atom. The third-order valence-electron chi connectivity index (χ3n) is 0.509. The van der Waals surface area contributed by atoms with Crippen molar-refractivity contribution in [1.82, 2.24) is 0 Å².